The van der Waals surface area contributed by atoms with Crippen LogP contribution in [0.1, 0.15) is 5.56 Å². The summed E-state index contributed by atoms with van der Waals surface area (Å²) < 4.78 is 6.97. The van der Waals surface area contributed by atoms with E-state index in [1.54, 1.807) is 18.0 Å². The van der Waals surface area contributed by atoms with Crippen molar-refractivity contribution >= 4 is 28.7 Å². The summed E-state index contributed by atoms with van der Waals surface area (Å²) in [5.74, 6) is 0.312. The van der Waals surface area contributed by atoms with Crippen LogP contribution in [0, 0.1) is 0 Å². The van der Waals surface area contributed by atoms with Gasteiger partial charge in [-0.3, -0.25) is 4.79 Å². The molecule has 7 nitrogen and oxygen atoms in total. The third-order valence-corrected chi connectivity index (χ3v) is 5.79. The Morgan fingerprint density at radius 2 is 1.81 bits per heavy atom. The molecule has 31 heavy (non-hydrogen) atoms. The molecule has 8 heteroatoms. The molecule has 158 valence electrons. The molecule has 0 aliphatic rings. The van der Waals surface area contributed by atoms with Gasteiger partial charge in [0, 0.05) is 20.2 Å². The van der Waals surface area contributed by atoms with Gasteiger partial charge in [0.15, 0.2) is 5.65 Å². The molecule has 0 spiro atoms. The molecule has 4 aromatic rings. The molecule has 0 fully saturated rings. The number of hydrogen-bond acceptors (Lipinski definition) is 6. The maximum atomic E-state index is 13.0. The maximum absolute atomic E-state index is 13.0. The van der Waals surface area contributed by atoms with Gasteiger partial charge in [-0.05, 0) is 17.7 Å². The molecular weight excluding hydrogens is 410 g/mol. The fourth-order valence-electron chi connectivity index (χ4n) is 3.21. The molecule has 0 atom stereocenters. The van der Waals surface area contributed by atoms with Crippen LogP contribution < -0.4 is 0 Å². The lowest BCUT2D eigenvalue weighted by Crippen LogP contribution is -2.34. The Balaban J connectivity index is 1.49. The number of carbonyl (C=O) groups excluding carboxylic acids is 1. The predicted molar refractivity (Wildman–Crippen MR) is 121 cm³/mol. The number of thioether (sulfide) groups is 1. The van der Waals surface area contributed by atoms with Crippen LogP contribution in [0.5, 0.6) is 0 Å². The molecule has 0 N–H and O–H groups in total. The number of ether oxygens (including phenoxy) is 1. The van der Waals surface area contributed by atoms with Gasteiger partial charge in [0.1, 0.15) is 11.4 Å². The Morgan fingerprint density at radius 1 is 1.06 bits per heavy atom. The van der Waals surface area contributed by atoms with Crippen LogP contribution in [0.4, 0.5) is 0 Å². The minimum Gasteiger partial charge on any atom is -0.383 e. The predicted octanol–water partition coefficient (Wildman–Crippen LogP) is 3.58. The molecule has 0 saturated carbocycles. The van der Waals surface area contributed by atoms with Crippen LogP contribution in [0.2, 0.25) is 0 Å². The van der Waals surface area contributed by atoms with E-state index in [2.05, 4.69) is 15.1 Å². The zero-order valence-corrected chi connectivity index (χ0v) is 18.0. The third-order valence-electron chi connectivity index (χ3n) is 4.80. The number of benzene rings is 2. The quantitative estimate of drug-likeness (QED) is 0.297. The van der Waals surface area contributed by atoms with Crippen LogP contribution in [0.25, 0.3) is 16.7 Å². The maximum Gasteiger partial charge on any atom is 0.233 e. The van der Waals surface area contributed by atoms with Crippen molar-refractivity contribution in [1.82, 2.24) is 24.6 Å². The zero-order valence-electron chi connectivity index (χ0n) is 17.2. The molecule has 2 aromatic carbocycles. The van der Waals surface area contributed by atoms with Crippen LogP contribution in [0.3, 0.4) is 0 Å². The highest BCUT2D eigenvalue weighted by molar-refractivity contribution is 8.00. The van der Waals surface area contributed by atoms with Gasteiger partial charge in [-0.1, -0.05) is 60.3 Å². The van der Waals surface area contributed by atoms with Crippen molar-refractivity contribution in [3.63, 3.8) is 0 Å². The van der Waals surface area contributed by atoms with Gasteiger partial charge in [-0.25, -0.2) is 14.6 Å². The largest absolute Gasteiger partial charge is 0.383 e. The fourth-order valence-corrected chi connectivity index (χ4v) is 4.08. The average Bonchev–Trinajstić information content (AvgIpc) is 3.26. The van der Waals surface area contributed by atoms with Crippen LogP contribution >= 0.6 is 11.8 Å². The molecule has 0 radical (unpaired) electrons. The normalized spacial score (nSPS) is 11.0. The second-order valence-electron chi connectivity index (χ2n) is 6.89. The number of carbonyl (C=O) groups is 1. The summed E-state index contributed by atoms with van der Waals surface area (Å²) in [4.78, 5) is 23.6. The van der Waals surface area contributed by atoms with Crippen molar-refractivity contribution in [3.05, 3.63) is 78.8 Å². The standard InChI is InChI=1S/C23H23N5O2S/c1-30-13-12-27(15-18-8-4-2-5-9-18)21(29)16-31-23-20-14-26-28(22(20)24-17-25-23)19-10-6-3-7-11-19/h2-11,14,17H,12-13,15-16H2,1H3. The topological polar surface area (TPSA) is 73.1 Å². The van der Waals surface area contributed by atoms with Crippen molar-refractivity contribution in [1.29, 1.82) is 0 Å². The molecule has 1 amide bonds. The first kappa shape index (κ1) is 21.0. The number of amides is 1. The van der Waals surface area contributed by atoms with Gasteiger partial charge >= 0.3 is 0 Å². The van der Waals surface area contributed by atoms with Crippen molar-refractivity contribution in [2.24, 2.45) is 0 Å². The molecule has 0 bridgehead atoms. The molecule has 0 aliphatic carbocycles. The highest BCUT2D eigenvalue weighted by Crippen LogP contribution is 2.26. The van der Waals surface area contributed by atoms with Crippen molar-refractivity contribution in [2.75, 3.05) is 26.0 Å². The van der Waals surface area contributed by atoms with E-state index in [-0.39, 0.29) is 11.7 Å². The Hall–Kier alpha value is -3.23. The first-order chi connectivity index (χ1) is 15.3. The van der Waals surface area contributed by atoms with E-state index in [0.717, 1.165) is 27.3 Å². The Bertz CT molecular complexity index is 1130. The summed E-state index contributed by atoms with van der Waals surface area (Å²) >= 11 is 1.40. The first-order valence-corrected chi connectivity index (χ1v) is 10.9. The summed E-state index contributed by atoms with van der Waals surface area (Å²) in [5, 5.41) is 6.05. The van der Waals surface area contributed by atoms with E-state index < -0.39 is 0 Å². The molecule has 0 saturated heterocycles. The monoisotopic (exact) mass is 433 g/mol. The minimum absolute atomic E-state index is 0.0353. The van der Waals surface area contributed by atoms with Gasteiger partial charge in [0.05, 0.1) is 29.6 Å². The second kappa shape index (κ2) is 10.2. The number of rotatable bonds is 9. The molecule has 0 aliphatic heterocycles. The molecule has 2 aromatic heterocycles. The number of aromatic nitrogens is 4. The Kier molecular flexibility index (Phi) is 6.91. The number of para-hydroxylation sites is 1. The molecule has 4 rings (SSSR count). The average molecular weight is 434 g/mol. The number of nitrogens with zero attached hydrogens (tertiary/aromatic N) is 5. The lowest BCUT2D eigenvalue weighted by Gasteiger charge is -2.22. The lowest BCUT2D eigenvalue weighted by atomic mass is 10.2. The molecule has 0 unspecified atom stereocenters. The number of fused-ring (bicyclic) bond motifs is 1. The molecule has 2 heterocycles. The highest BCUT2D eigenvalue weighted by Gasteiger charge is 2.17. The van der Waals surface area contributed by atoms with E-state index in [4.69, 9.17) is 4.74 Å². The van der Waals surface area contributed by atoms with E-state index in [0.29, 0.717) is 19.7 Å². The van der Waals surface area contributed by atoms with E-state index in [9.17, 15) is 4.79 Å². The van der Waals surface area contributed by atoms with Gasteiger partial charge < -0.3 is 9.64 Å². The number of methoxy groups -OCH3 is 1. The zero-order chi connectivity index (χ0) is 21.5. The lowest BCUT2D eigenvalue weighted by molar-refractivity contribution is -0.129. The summed E-state index contributed by atoms with van der Waals surface area (Å²) in [6.45, 7) is 1.58. The van der Waals surface area contributed by atoms with Gasteiger partial charge in [-0.2, -0.15) is 5.10 Å². The van der Waals surface area contributed by atoms with Crippen LogP contribution in [0.15, 0.2) is 78.2 Å². The summed E-state index contributed by atoms with van der Waals surface area (Å²) in [6.07, 6.45) is 3.27. The summed E-state index contributed by atoms with van der Waals surface area (Å²) in [5.41, 5.74) is 2.74. The highest BCUT2D eigenvalue weighted by atomic mass is 32.2. The Labute approximate surface area is 185 Å². The van der Waals surface area contributed by atoms with E-state index in [1.807, 2.05) is 65.6 Å². The molecular formula is C23H23N5O2S. The van der Waals surface area contributed by atoms with E-state index >= 15 is 0 Å². The van der Waals surface area contributed by atoms with E-state index in [1.165, 1.54) is 18.1 Å². The third kappa shape index (κ3) is 5.10. The van der Waals surface area contributed by atoms with Crippen LogP contribution in [-0.4, -0.2) is 56.6 Å². The SMILES string of the molecule is COCCN(Cc1ccccc1)C(=O)CSc1ncnc2c1cnn2-c1ccccc1. The first-order valence-electron chi connectivity index (χ1n) is 9.94. The summed E-state index contributed by atoms with van der Waals surface area (Å²) in [7, 11) is 1.64. The summed E-state index contributed by atoms with van der Waals surface area (Å²) in [6, 6.07) is 19.8. The van der Waals surface area contributed by atoms with Crippen molar-refractivity contribution < 1.29 is 9.53 Å². The Morgan fingerprint density at radius 3 is 2.55 bits per heavy atom. The van der Waals surface area contributed by atoms with Gasteiger partial charge in [-0.15, -0.1) is 0 Å². The van der Waals surface area contributed by atoms with Gasteiger partial charge in [0.2, 0.25) is 5.91 Å². The fraction of sp³-hybridized carbons (Fsp3) is 0.217. The smallest absolute Gasteiger partial charge is 0.233 e. The van der Waals surface area contributed by atoms with Crippen LogP contribution in [-0.2, 0) is 16.1 Å². The number of hydrogen-bond donors (Lipinski definition) is 0. The van der Waals surface area contributed by atoms with Gasteiger partial charge in [0.25, 0.3) is 0 Å². The van der Waals surface area contributed by atoms with Crippen molar-refractivity contribution in [3.8, 4) is 5.69 Å². The second-order valence-corrected chi connectivity index (χ2v) is 7.85. The van der Waals surface area contributed by atoms with Crippen molar-refractivity contribution in [2.45, 2.75) is 11.6 Å². The minimum atomic E-state index is 0.0353.